The smallest absolute Gasteiger partial charge is 0.136 e. The van der Waals surface area contributed by atoms with Gasteiger partial charge >= 0.3 is 0 Å². The molecule has 0 radical (unpaired) electrons. The molecule has 0 saturated heterocycles. The largest absolute Gasteiger partial charge is 0.234 e. The predicted molar refractivity (Wildman–Crippen MR) is 69.5 cm³/mol. The summed E-state index contributed by atoms with van der Waals surface area (Å²) in [5.41, 5.74) is 0.466. The minimum Gasteiger partial charge on any atom is -0.234 e. The number of nitrogens with zero attached hydrogens (tertiary/aromatic N) is 1. The average molecular weight is 233 g/mol. The van der Waals surface area contributed by atoms with Crippen LogP contribution in [0.15, 0.2) is 66.7 Å². The van der Waals surface area contributed by atoms with Gasteiger partial charge in [0.05, 0.1) is 6.07 Å². The van der Waals surface area contributed by atoms with Gasteiger partial charge in [-0.1, -0.05) is 60.7 Å². The number of rotatable bonds is 3. The lowest BCUT2D eigenvalue weighted by molar-refractivity contribution is 0.566. The van der Waals surface area contributed by atoms with Gasteiger partial charge in [0.15, 0.2) is 0 Å². The summed E-state index contributed by atoms with van der Waals surface area (Å²) >= 11 is 0. The molecule has 2 aromatic carbocycles. The third-order valence-corrected chi connectivity index (χ3v) is 2.91. The molecule has 0 unspecified atom stereocenters. The Hall–Kier alpha value is -2.62. The third kappa shape index (κ3) is 1.96. The Morgan fingerprint density at radius 1 is 0.889 bits per heavy atom. The van der Waals surface area contributed by atoms with E-state index in [1.54, 1.807) is 5.94 Å². The second kappa shape index (κ2) is 5.14. The van der Waals surface area contributed by atoms with E-state index in [9.17, 15) is 10.1 Å². The first-order valence-electron chi connectivity index (χ1n) is 5.58. The fraction of sp³-hybridized carbons (Fsp3) is 0.0625. The first-order valence-corrected chi connectivity index (χ1v) is 5.58. The van der Waals surface area contributed by atoms with Gasteiger partial charge in [-0.3, -0.25) is 0 Å². The minimum atomic E-state index is -1.07. The molecule has 0 spiro atoms. The zero-order chi connectivity index (χ0) is 12.8. The van der Waals surface area contributed by atoms with Gasteiger partial charge in [-0.05, 0) is 11.1 Å². The second-order valence-corrected chi connectivity index (χ2v) is 3.91. The van der Waals surface area contributed by atoms with Crippen LogP contribution in [0, 0.1) is 11.3 Å². The van der Waals surface area contributed by atoms with Crippen molar-refractivity contribution >= 4 is 5.94 Å². The van der Waals surface area contributed by atoms with E-state index in [1.807, 2.05) is 60.7 Å². The SMILES string of the molecule is N#CC(C=C=O)(c1ccccc1)c1ccccc1. The van der Waals surface area contributed by atoms with E-state index >= 15 is 0 Å². The lowest BCUT2D eigenvalue weighted by atomic mass is 9.76. The van der Waals surface area contributed by atoms with E-state index in [1.165, 1.54) is 6.08 Å². The highest BCUT2D eigenvalue weighted by molar-refractivity contribution is 5.61. The van der Waals surface area contributed by atoms with Crippen LogP contribution < -0.4 is 0 Å². The van der Waals surface area contributed by atoms with E-state index in [2.05, 4.69) is 6.07 Å². The third-order valence-electron chi connectivity index (χ3n) is 2.91. The fourth-order valence-corrected chi connectivity index (χ4v) is 1.99. The molecule has 0 heterocycles. The van der Waals surface area contributed by atoms with Gasteiger partial charge in [0.2, 0.25) is 0 Å². The standard InChI is InChI=1S/C16H11NO/c17-13-16(11-12-18,14-7-3-1-4-8-14)15-9-5-2-6-10-15/h1-11H. The van der Waals surface area contributed by atoms with Crippen LogP contribution >= 0.6 is 0 Å². The maximum Gasteiger partial charge on any atom is 0.136 e. The van der Waals surface area contributed by atoms with Gasteiger partial charge in [0, 0.05) is 6.08 Å². The van der Waals surface area contributed by atoms with Crippen LogP contribution in [0.4, 0.5) is 0 Å². The molecule has 0 aliphatic heterocycles. The van der Waals surface area contributed by atoms with Gasteiger partial charge in [-0.2, -0.15) is 5.26 Å². The van der Waals surface area contributed by atoms with Gasteiger partial charge in [0.25, 0.3) is 0 Å². The molecule has 2 rings (SSSR count). The Balaban J connectivity index is 2.70. The van der Waals surface area contributed by atoms with Crippen LogP contribution in [0.5, 0.6) is 0 Å². The molecule has 86 valence electrons. The number of allylic oxidation sites excluding steroid dienone is 1. The van der Waals surface area contributed by atoms with Crippen molar-refractivity contribution in [2.75, 3.05) is 0 Å². The summed E-state index contributed by atoms with van der Waals surface area (Å²) in [4.78, 5) is 10.8. The lowest BCUT2D eigenvalue weighted by Crippen LogP contribution is -2.23. The van der Waals surface area contributed by atoms with Crippen molar-refractivity contribution < 1.29 is 4.79 Å². The molecule has 2 nitrogen and oxygen atoms in total. The van der Waals surface area contributed by atoms with Crippen molar-refractivity contribution in [1.29, 1.82) is 5.26 Å². The van der Waals surface area contributed by atoms with Crippen LogP contribution in [-0.4, -0.2) is 5.94 Å². The maximum atomic E-state index is 10.8. The zero-order valence-electron chi connectivity index (χ0n) is 9.71. The molecule has 0 aromatic heterocycles. The molecule has 0 fully saturated rings. The monoisotopic (exact) mass is 233 g/mol. The van der Waals surface area contributed by atoms with Gasteiger partial charge in [0.1, 0.15) is 11.4 Å². The van der Waals surface area contributed by atoms with E-state index in [4.69, 9.17) is 0 Å². The molecule has 2 aromatic rings. The Morgan fingerprint density at radius 3 is 1.67 bits per heavy atom. The molecule has 0 aliphatic rings. The number of nitriles is 1. The Kier molecular flexibility index (Phi) is 3.38. The first kappa shape index (κ1) is 11.9. The van der Waals surface area contributed by atoms with E-state index in [0.717, 1.165) is 11.1 Å². The topological polar surface area (TPSA) is 40.9 Å². The summed E-state index contributed by atoms with van der Waals surface area (Å²) in [5.74, 6) is 1.76. The highest BCUT2D eigenvalue weighted by atomic mass is 16.1. The van der Waals surface area contributed by atoms with Crippen molar-refractivity contribution in [3.8, 4) is 6.07 Å². The molecule has 0 N–H and O–H groups in total. The van der Waals surface area contributed by atoms with Crippen LogP contribution in [-0.2, 0) is 10.2 Å². The summed E-state index contributed by atoms with van der Waals surface area (Å²) in [6.07, 6.45) is 1.28. The Labute approximate surface area is 106 Å². The van der Waals surface area contributed by atoms with Crippen LogP contribution in [0.25, 0.3) is 0 Å². The van der Waals surface area contributed by atoms with Crippen molar-refractivity contribution in [2.24, 2.45) is 0 Å². The molecule has 0 aliphatic carbocycles. The Bertz CT molecular complexity index is 565. The van der Waals surface area contributed by atoms with E-state index in [-0.39, 0.29) is 0 Å². The number of carbonyl (C=O) groups excluding carboxylic acids is 1. The van der Waals surface area contributed by atoms with Crippen LogP contribution in [0.3, 0.4) is 0 Å². The number of hydrogen-bond donors (Lipinski definition) is 0. The highest BCUT2D eigenvalue weighted by Gasteiger charge is 2.32. The first-order chi connectivity index (χ1) is 8.83. The molecule has 2 heteroatoms. The summed E-state index contributed by atoms with van der Waals surface area (Å²) in [5, 5.41) is 9.55. The number of hydrogen-bond acceptors (Lipinski definition) is 2. The summed E-state index contributed by atoms with van der Waals surface area (Å²) in [6.45, 7) is 0. The molecule has 0 amide bonds. The van der Waals surface area contributed by atoms with Crippen molar-refractivity contribution in [3.63, 3.8) is 0 Å². The molecular formula is C16H11NO. The average Bonchev–Trinajstić information content (AvgIpc) is 2.47. The second-order valence-electron chi connectivity index (χ2n) is 3.91. The minimum absolute atomic E-state index is 0.766. The summed E-state index contributed by atoms with van der Waals surface area (Å²) < 4.78 is 0. The molecule has 18 heavy (non-hydrogen) atoms. The van der Waals surface area contributed by atoms with E-state index < -0.39 is 5.41 Å². The normalized spacial score (nSPS) is 10.2. The lowest BCUT2D eigenvalue weighted by Gasteiger charge is -2.22. The molecule has 0 atom stereocenters. The highest BCUT2D eigenvalue weighted by Crippen LogP contribution is 2.32. The van der Waals surface area contributed by atoms with Crippen molar-refractivity contribution in [3.05, 3.63) is 77.9 Å². The Morgan fingerprint density at radius 2 is 1.33 bits per heavy atom. The van der Waals surface area contributed by atoms with Gasteiger partial charge in [-0.25, -0.2) is 4.79 Å². The number of benzene rings is 2. The van der Waals surface area contributed by atoms with E-state index in [0.29, 0.717) is 0 Å². The fourth-order valence-electron chi connectivity index (χ4n) is 1.99. The van der Waals surface area contributed by atoms with Gasteiger partial charge < -0.3 is 0 Å². The van der Waals surface area contributed by atoms with Gasteiger partial charge in [-0.15, -0.1) is 0 Å². The molecular weight excluding hydrogens is 222 g/mol. The zero-order valence-corrected chi connectivity index (χ0v) is 9.71. The summed E-state index contributed by atoms with van der Waals surface area (Å²) in [7, 11) is 0. The maximum absolute atomic E-state index is 10.8. The summed E-state index contributed by atoms with van der Waals surface area (Å²) in [6, 6.07) is 20.7. The predicted octanol–water partition coefficient (Wildman–Crippen LogP) is 2.88. The quantitative estimate of drug-likeness (QED) is 0.765. The molecule has 0 saturated carbocycles. The van der Waals surface area contributed by atoms with Crippen molar-refractivity contribution in [1.82, 2.24) is 0 Å². The van der Waals surface area contributed by atoms with Crippen LogP contribution in [0.2, 0.25) is 0 Å². The molecule has 0 bridgehead atoms. The van der Waals surface area contributed by atoms with Crippen LogP contribution in [0.1, 0.15) is 11.1 Å². The van der Waals surface area contributed by atoms with Crippen molar-refractivity contribution in [2.45, 2.75) is 5.41 Å².